The molecule has 2 aliphatic rings. The average Bonchev–Trinajstić information content (AvgIpc) is 2.92. The van der Waals surface area contributed by atoms with Crippen LogP contribution in [0.1, 0.15) is 43.8 Å². The summed E-state index contributed by atoms with van der Waals surface area (Å²) in [6.45, 7) is 0. The quantitative estimate of drug-likeness (QED) is 0.928. The van der Waals surface area contributed by atoms with Crippen molar-refractivity contribution in [3.63, 3.8) is 0 Å². The third-order valence-electron chi connectivity index (χ3n) is 4.03. The Hall–Kier alpha value is -1.55. The zero-order chi connectivity index (χ0) is 14.4. The fourth-order valence-corrected chi connectivity index (χ4v) is 2.82. The monoisotopic (exact) mass is 284 g/mol. The van der Waals surface area contributed by atoms with Gasteiger partial charge in [-0.15, -0.1) is 0 Å². The average molecular weight is 284 g/mol. The number of nitrogens with one attached hydrogen (secondary N) is 1. The van der Waals surface area contributed by atoms with Gasteiger partial charge in [-0.25, -0.2) is 0 Å². The summed E-state index contributed by atoms with van der Waals surface area (Å²) in [5.74, 6) is 0. The first-order valence-corrected chi connectivity index (χ1v) is 6.73. The van der Waals surface area contributed by atoms with Crippen LogP contribution in [0.2, 0.25) is 0 Å². The molecule has 2 unspecified atom stereocenters. The standard InChI is InChI=1S/C13H15F3N4/c14-13(15,16)11-4-6-20(19-11)10-3-5-12(7-10,8-17)18-9-1-2-9/h4,6,9-10,18H,1-3,5,7H2. The van der Waals surface area contributed by atoms with Crippen molar-refractivity contribution in [3.8, 4) is 6.07 Å². The van der Waals surface area contributed by atoms with Crippen LogP contribution in [0.3, 0.4) is 0 Å². The van der Waals surface area contributed by atoms with E-state index in [1.165, 1.54) is 10.9 Å². The molecular formula is C13H15F3N4. The minimum atomic E-state index is -4.41. The topological polar surface area (TPSA) is 53.6 Å². The molecule has 1 heterocycles. The maximum atomic E-state index is 12.5. The van der Waals surface area contributed by atoms with Gasteiger partial charge in [-0.1, -0.05) is 0 Å². The zero-order valence-electron chi connectivity index (χ0n) is 10.8. The third kappa shape index (κ3) is 2.52. The summed E-state index contributed by atoms with van der Waals surface area (Å²) in [6.07, 6.45) is 0.944. The predicted molar refractivity (Wildman–Crippen MR) is 64.6 cm³/mol. The lowest BCUT2D eigenvalue weighted by atomic mass is 9.99. The highest BCUT2D eigenvalue weighted by Crippen LogP contribution is 2.40. The molecule has 0 amide bonds. The SMILES string of the molecule is N#CC1(NC2CC2)CCC(n2ccc(C(F)(F)F)n2)C1. The maximum Gasteiger partial charge on any atom is 0.435 e. The molecule has 2 fully saturated rings. The van der Waals surface area contributed by atoms with E-state index in [4.69, 9.17) is 0 Å². The third-order valence-corrected chi connectivity index (χ3v) is 4.03. The summed E-state index contributed by atoms with van der Waals surface area (Å²) in [5.41, 5.74) is -1.47. The molecule has 4 nitrogen and oxygen atoms in total. The number of alkyl halides is 3. The highest BCUT2D eigenvalue weighted by molar-refractivity contribution is 5.15. The van der Waals surface area contributed by atoms with Gasteiger partial charge < -0.3 is 0 Å². The number of aromatic nitrogens is 2. The van der Waals surface area contributed by atoms with Crippen molar-refractivity contribution in [2.45, 2.75) is 55.9 Å². The lowest BCUT2D eigenvalue weighted by Crippen LogP contribution is -2.43. The molecular weight excluding hydrogens is 269 g/mol. The Balaban J connectivity index is 1.73. The van der Waals surface area contributed by atoms with Crippen molar-refractivity contribution in [2.75, 3.05) is 0 Å². The second kappa shape index (κ2) is 4.48. The Bertz CT molecular complexity index is 541. The van der Waals surface area contributed by atoms with Gasteiger partial charge in [-0.3, -0.25) is 10.00 Å². The number of rotatable bonds is 3. The molecule has 1 aromatic rings. The number of hydrogen-bond donors (Lipinski definition) is 1. The fourth-order valence-electron chi connectivity index (χ4n) is 2.82. The van der Waals surface area contributed by atoms with E-state index >= 15 is 0 Å². The zero-order valence-corrected chi connectivity index (χ0v) is 10.8. The van der Waals surface area contributed by atoms with Gasteiger partial charge in [0.05, 0.1) is 12.1 Å². The van der Waals surface area contributed by atoms with Crippen molar-refractivity contribution in [1.82, 2.24) is 15.1 Å². The van der Waals surface area contributed by atoms with Gasteiger partial charge in [0.15, 0.2) is 5.69 Å². The Kier molecular flexibility index (Phi) is 3.01. The van der Waals surface area contributed by atoms with Crippen molar-refractivity contribution < 1.29 is 13.2 Å². The summed E-state index contributed by atoms with van der Waals surface area (Å²) in [4.78, 5) is 0. The minimum Gasteiger partial charge on any atom is -0.297 e. The van der Waals surface area contributed by atoms with E-state index in [9.17, 15) is 18.4 Å². The summed E-state index contributed by atoms with van der Waals surface area (Å²) in [7, 11) is 0. The second-order valence-electron chi connectivity index (χ2n) is 5.69. The van der Waals surface area contributed by atoms with Crippen LogP contribution in [0.25, 0.3) is 0 Å². The number of nitriles is 1. The summed E-state index contributed by atoms with van der Waals surface area (Å²) < 4.78 is 39.0. The van der Waals surface area contributed by atoms with Gasteiger partial charge >= 0.3 is 6.18 Å². The fraction of sp³-hybridized carbons (Fsp3) is 0.692. The van der Waals surface area contributed by atoms with E-state index in [1.807, 2.05) is 0 Å². The van der Waals surface area contributed by atoms with Crippen LogP contribution in [0.15, 0.2) is 12.3 Å². The predicted octanol–water partition coefficient (Wildman–Crippen LogP) is 2.64. The summed E-state index contributed by atoms with van der Waals surface area (Å²) in [6, 6.07) is 3.56. The van der Waals surface area contributed by atoms with E-state index in [0.717, 1.165) is 18.9 Å². The molecule has 0 radical (unpaired) electrons. The first-order valence-electron chi connectivity index (χ1n) is 6.73. The van der Waals surface area contributed by atoms with Crippen LogP contribution < -0.4 is 5.32 Å². The Morgan fingerprint density at radius 3 is 2.70 bits per heavy atom. The van der Waals surface area contributed by atoms with Gasteiger partial charge in [0.1, 0.15) is 5.54 Å². The molecule has 2 aliphatic carbocycles. The van der Waals surface area contributed by atoms with Gasteiger partial charge in [-0.05, 0) is 31.7 Å². The lowest BCUT2D eigenvalue weighted by molar-refractivity contribution is -0.141. The van der Waals surface area contributed by atoms with E-state index in [1.54, 1.807) is 0 Å². The number of nitrogens with zero attached hydrogens (tertiary/aromatic N) is 3. The van der Waals surface area contributed by atoms with E-state index in [-0.39, 0.29) is 6.04 Å². The molecule has 0 aliphatic heterocycles. The highest BCUT2D eigenvalue weighted by Gasteiger charge is 2.44. The number of halogens is 3. The summed E-state index contributed by atoms with van der Waals surface area (Å²) >= 11 is 0. The minimum absolute atomic E-state index is 0.142. The maximum absolute atomic E-state index is 12.5. The Labute approximate surface area is 114 Å². The normalized spacial score (nSPS) is 30.4. The van der Waals surface area contributed by atoms with Gasteiger partial charge in [-0.2, -0.15) is 23.5 Å². The Morgan fingerprint density at radius 1 is 1.40 bits per heavy atom. The van der Waals surface area contributed by atoms with Crippen LogP contribution in [-0.2, 0) is 6.18 Å². The van der Waals surface area contributed by atoms with Crippen molar-refractivity contribution in [2.24, 2.45) is 0 Å². The number of hydrogen-bond acceptors (Lipinski definition) is 3. The first-order chi connectivity index (χ1) is 9.42. The Morgan fingerprint density at radius 2 is 2.15 bits per heavy atom. The summed E-state index contributed by atoms with van der Waals surface area (Å²) in [5, 5.41) is 16.3. The van der Waals surface area contributed by atoms with Crippen LogP contribution >= 0.6 is 0 Å². The van der Waals surface area contributed by atoms with Crippen LogP contribution in [-0.4, -0.2) is 21.4 Å². The molecule has 0 spiro atoms. The molecule has 0 aromatic carbocycles. The molecule has 0 saturated heterocycles. The smallest absolute Gasteiger partial charge is 0.297 e. The molecule has 108 valence electrons. The molecule has 1 aromatic heterocycles. The van der Waals surface area contributed by atoms with Crippen LogP contribution in [0.5, 0.6) is 0 Å². The lowest BCUT2D eigenvalue weighted by Gasteiger charge is -2.22. The largest absolute Gasteiger partial charge is 0.435 e. The molecule has 7 heteroatoms. The van der Waals surface area contributed by atoms with E-state index in [2.05, 4.69) is 16.5 Å². The van der Waals surface area contributed by atoms with Crippen molar-refractivity contribution in [1.29, 1.82) is 5.26 Å². The van der Waals surface area contributed by atoms with Crippen LogP contribution in [0, 0.1) is 11.3 Å². The van der Waals surface area contributed by atoms with Crippen molar-refractivity contribution >= 4 is 0 Å². The second-order valence-corrected chi connectivity index (χ2v) is 5.69. The molecule has 1 N–H and O–H groups in total. The van der Waals surface area contributed by atoms with Crippen molar-refractivity contribution in [3.05, 3.63) is 18.0 Å². The van der Waals surface area contributed by atoms with Crippen LogP contribution in [0.4, 0.5) is 13.2 Å². The van der Waals surface area contributed by atoms with E-state index in [0.29, 0.717) is 25.3 Å². The molecule has 2 saturated carbocycles. The highest BCUT2D eigenvalue weighted by atomic mass is 19.4. The van der Waals surface area contributed by atoms with Gasteiger partial charge in [0, 0.05) is 18.7 Å². The molecule has 0 bridgehead atoms. The van der Waals surface area contributed by atoms with Gasteiger partial charge in [0.2, 0.25) is 0 Å². The first kappa shape index (κ1) is 13.4. The molecule has 2 atom stereocenters. The molecule has 20 heavy (non-hydrogen) atoms. The molecule has 3 rings (SSSR count). The van der Waals surface area contributed by atoms with E-state index < -0.39 is 17.4 Å². The van der Waals surface area contributed by atoms with Gasteiger partial charge in [0.25, 0.3) is 0 Å².